The maximum atomic E-state index is 5.72. The van der Waals surface area contributed by atoms with E-state index in [0.29, 0.717) is 0 Å². The molecular weight excluding hydrogens is 204 g/mol. The first-order valence-electron chi connectivity index (χ1n) is 5.45. The summed E-state index contributed by atoms with van der Waals surface area (Å²) < 4.78 is 0. The van der Waals surface area contributed by atoms with Crippen LogP contribution in [0.15, 0.2) is 23.1 Å². The summed E-state index contributed by atoms with van der Waals surface area (Å²) in [5.74, 6) is 2.13. The highest BCUT2D eigenvalue weighted by atomic mass is 32.2. The van der Waals surface area contributed by atoms with Crippen LogP contribution in [0.5, 0.6) is 0 Å². The average molecular weight is 222 g/mol. The molecule has 0 saturated carbocycles. The minimum atomic E-state index is 0.861. The molecule has 1 heterocycles. The number of thioether (sulfide) groups is 1. The minimum Gasteiger partial charge on any atom is -0.399 e. The van der Waals surface area contributed by atoms with Crippen LogP contribution < -0.4 is 11.1 Å². The summed E-state index contributed by atoms with van der Waals surface area (Å²) in [5.41, 5.74) is 7.88. The van der Waals surface area contributed by atoms with E-state index < -0.39 is 0 Å². The Morgan fingerprint density at radius 3 is 2.87 bits per heavy atom. The number of nitrogens with two attached hydrogens (primary N) is 1. The van der Waals surface area contributed by atoms with Crippen LogP contribution in [0.3, 0.4) is 0 Å². The molecule has 0 radical (unpaired) electrons. The zero-order valence-corrected chi connectivity index (χ0v) is 9.94. The van der Waals surface area contributed by atoms with Gasteiger partial charge in [-0.25, -0.2) is 0 Å². The van der Waals surface area contributed by atoms with Gasteiger partial charge in [-0.05, 0) is 61.9 Å². The molecule has 0 unspecified atom stereocenters. The van der Waals surface area contributed by atoms with Crippen LogP contribution in [0, 0.1) is 12.8 Å². The predicted octanol–water partition coefficient (Wildman–Crippen LogP) is 2.28. The third-order valence-corrected chi connectivity index (χ3v) is 4.06. The number of rotatable bonds is 4. The van der Waals surface area contributed by atoms with Crippen LogP contribution in [-0.4, -0.2) is 18.8 Å². The first-order chi connectivity index (χ1) is 7.25. The predicted molar refractivity (Wildman–Crippen MR) is 67.3 cm³/mol. The van der Waals surface area contributed by atoms with Gasteiger partial charge in [-0.1, -0.05) is 0 Å². The van der Waals surface area contributed by atoms with Gasteiger partial charge < -0.3 is 11.1 Å². The molecule has 1 fully saturated rings. The molecule has 0 spiro atoms. The van der Waals surface area contributed by atoms with E-state index in [9.17, 15) is 0 Å². The third-order valence-electron chi connectivity index (χ3n) is 2.85. The Morgan fingerprint density at radius 1 is 1.47 bits per heavy atom. The van der Waals surface area contributed by atoms with Crippen molar-refractivity contribution in [2.24, 2.45) is 5.92 Å². The van der Waals surface area contributed by atoms with Crippen LogP contribution in [0.25, 0.3) is 0 Å². The van der Waals surface area contributed by atoms with Crippen molar-refractivity contribution >= 4 is 17.4 Å². The quantitative estimate of drug-likeness (QED) is 0.606. The Labute approximate surface area is 95.6 Å². The molecule has 15 heavy (non-hydrogen) atoms. The molecule has 2 rings (SSSR count). The van der Waals surface area contributed by atoms with E-state index in [2.05, 4.69) is 18.3 Å². The van der Waals surface area contributed by atoms with Crippen LogP contribution in [-0.2, 0) is 0 Å². The summed E-state index contributed by atoms with van der Waals surface area (Å²) in [6.45, 7) is 4.55. The number of anilines is 1. The third kappa shape index (κ3) is 2.89. The Bertz CT molecular complexity index is 334. The molecule has 1 saturated heterocycles. The topological polar surface area (TPSA) is 38.0 Å². The molecule has 1 aromatic rings. The van der Waals surface area contributed by atoms with E-state index in [1.807, 2.05) is 23.9 Å². The monoisotopic (exact) mass is 222 g/mol. The second kappa shape index (κ2) is 4.90. The maximum absolute atomic E-state index is 5.72. The second-order valence-electron chi connectivity index (χ2n) is 4.19. The van der Waals surface area contributed by atoms with Gasteiger partial charge in [0.15, 0.2) is 0 Å². The largest absolute Gasteiger partial charge is 0.399 e. The summed E-state index contributed by atoms with van der Waals surface area (Å²) in [6, 6.07) is 6.17. The van der Waals surface area contributed by atoms with Gasteiger partial charge in [0.05, 0.1) is 0 Å². The number of hydrogen-bond acceptors (Lipinski definition) is 3. The van der Waals surface area contributed by atoms with Crippen molar-refractivity contribution in [3.63, 3.8) is 0 Å². The van der Waals surface area contributed by atoms with E-state index in [-0.39, 0.29) is 0 Å². The van der Waals surface area contributed by atoms with Crippen molar-refractivity contribution in [3.8, 4) is 0 Å². The molecule has 1 aliphatic rings. The zero-order chi connectivity index (χ0) is 10.7. The van der Waals surface area contributed by atoms with E-state index in [4.69, 9.17) is 5.73 Å². The number of hydrogen-bond donors (Lipinski definition) is 2. The Kier molecular flexibility index (Phi) is 3.54. The van der Waals surface area contributed by atoms with Crippen LogP contribution in [0.4, 0.5) is 5.69 Å². The molecular formula is C12H18N2S. The van der Waals surface area contributed by atoms with Gasteiger partial charge in [0, 0.05) is 10.6 Å². The van der Waals surface area contributed by atoms with Crippen molar-refractivity contribution in [2.75, 3.05) is 24.6 Å². The molecule has 2 nitrogen and oxygen atoms in total. The smallest absolute Gasteiger partial charge is 0.0317 e. The van der Waals surface area contributed by atoms with Gasteiger partial charge in [0.1, 0.15) is 0 Å². The van der Waals surface area contributed by atoms with Crippen molar-refractivity contribution < 1.29 is 0 Å². The molecule has 3 heteroatoms. The maximum Gasteiger partial charge on any atom is 0.0317 e. The standard InChI is InChI=1S/C12H18N2S/c1-9-6-11(13)2-3-12(9)15-5-4-10-7-14-8-10/h2-3,6,10,14H,4-5,7-8,13H2,1H3. The molecule has 0 bridgehead atoms. The Morgan fingerprint density at radius 2 is 2.27 bits per heavy atom. The number of nitrogens with one attached hydrogen (secondary N) is 1. The normalized spacial score (nSPS) is 16.3. The van der Waals surface area contributed by atoms with E-state index in [1.165, 1.54) is 35.7 Å². The second-order valence-corrected chi connectivity index (χ2v) is 5.32. The SMILES string of the molecule is Cc1cc(N)ccc1SCCC1CNC1. The van der Waals surface area contributed by atoms with E-state index in [0.717, 1.165) is 11.6 Å². The lowest BCUT2D eigenvalue weighted by atomic mass is 10.0. The molecule has 0 amide bonds. The summed E-state index contributed by atoms with van der Waals surface area (Å²) in [6.07, 6.45) is 1.32. The fourth-order valence-corrected chi connectivity index (χ4v) is 2.84. The summed E-state index contributed by atoms with van der Waals surface area (Å²) in [7, 11) is 0. The number of benzene rings is 1. The van der Waals surface area contributed by atoms with Gasteiger partial charge >= 0.3 is 0 Å². The number of nitrogen functional groups attached to an aromatic ring is 1. The van der Waals surface area contributed by atoms with Crippen molar-refractivity contribution in [1.29, 1.82) is 0 Å². The fraction of sp³-hybridized carbons (Fsp3) is 0.500. The minimum absolute atomic E-state index is 0.861. The lowest BCUT2D eigenvalue weighted by molar-refractivity contribution is 0.341. The summed E-state index contributed by atoms with van der Waals surface area (Å²) >= 11 is 1.95. The van der Waals surface area contributed by atoms with E-state index >= 15 is 0 Å². The van der Waals surface area contributed by atoms with Gasteiger partial charge in [-0.2, -0.15) is 0 Å². The van der Waals surface area contributed by atoms with Crippen LogP contribution >= 0.6 is 11.8 Å². The molecule has 82 valence electrons. The lowest BCUT2D eigenvalue weighted by Crippen LogP contribution is -2.42. The number of aryl methyl sites for hydroxylation is 1. The summed E-state index contributed by atoms with van der Waals surface area (Å²) in [5, 5.41) is 3.30. The van der Waals surface area contributed by atoms with Crippen molar-refractivity contribution in [3.05, 3.63) is 23.8 Å². The fourth-order valence-electron chi connectivity index (χ4n) is 1.72. The van der Waals surface area contributed by atoms with Crippen molar-refractivity contribution in [2.45, 2.75) is 18.2 Å². The highest BCUT2D eigenvalue weighted by molar-refractivity contribution is 7.99. The van der Waals surface area contributed by atoms with Crippen LogP contribution in [0.2, 0.25) is 0 Å². The van der Waals surface area contributed by atoms with Gasteiger partial charge in [0.2, 0.25) is 0 Å². The zero-order valence-electron chi connectivity index (χ0n) is 9.12. The Balaban J connectivity index is 1.81. The molecule has 1 aliphatic heterocycles. The lowest BCUT2D eigenvalue weighted by Gasteiger charge is -2.26. The molecule has 0 aromatic heterocycles. The first kappa shape index (κ1) is 10.8. The molecule has 0 atom stereocenters. The average Bonchev–Trinajstić information content (AvgIpc) is 2.12. The molecule has 1 aromatic carbocycles. The highest BCUT2D eigenvalue weighted by Crippen LogP contribution is 2.26. The van der Waals surface area contributed by atoms with Crippen LogP contribution in [0.1, 0.15) is 12.0 Å². The summed E-state index contributed by atoms with van der Waals surface area (Å²) in [4.78, 5) is 1.37. The van der Waals surface area contributed by atoms with Crippen molar-refractivity contribution in [1.82, 2.24) is 5.32 Å². The first-order valence-corrected chi connectivity index (χ1v) is 6.44. The highest BCUT2D eigenvalue weighted by Gasteiger charge is 2.15. The molecule has 0 aliphatic carbocycles. The van der Waals surface area contributed by atoms with Gasteiger partial charge in [-0.15, -0.1) is 11.8 Å². The molecule has 3 N–H and O–H groups in total. The Hall–Kier alpha value is -0.670. The van der Waals surface area contributed by atoms with E-state index in [1.54, 1.807) is 0 Å². The van der Waals surface area contributed by atoms with Gasteiger partial charge in [0.25, 0.3) is 0 Å². The van der Waals surface area contributed by atoms with Gasteiger partial charge in [-0.3, -0.25) is 0 Å².